The zero-order valence-corrected chi connectivity index (χ0v) is 9.74. The fraction of sp³-hybridized carbons (Fsp3) is 0.200. The summed E-state index contributed by atoms with van der Waals surface area (Å²) in [6, 6.07) is 6.41. The second kappa shape index (κ2) is 3.79. The van der Waals surface area contributed by atoms with Crippen LogP contribution in [-0.4, -0.2) is 23.7 Å². The number of carbonyl (C=O) groups excluding carboxylic acids is 1. The molecule has 1 saturated heterocycles. The zero-order valence-electron chi connectivity index (χ0n) is 8.16. The summed E-state index contributed by atoms with van der Waals surface area (Å²) in [5.74, 6) is -1.08. The largest absolute Gasteiger partial charge is 0.479 e. The Morgan fingerprint density at radius 3 is 2.75 bits per heavy atom. The maximum atomic E-state index is 11.3. The number of carboxylic acid groups (broad SMARTS) is 1. The molecule has 0 radical (unpaired) electrons. The minimum atomic E-state index is -1.37. The average Bonchev–Trinajstić information content (AvgIpc) is 2.62. The first-order valence-corrected chi connectivity index (χ1v) is 5.39. The van der Waals surface area contributed by atoms with Gasteiger partial charge in [0.25, 0.3) is 0 Å². The highest BCUT2D eigenvalue weighted by Crippen LogP contribution is 2.26. The summed E-state index contributed by atoms with van der Waals surface area (Å²) in [6.45, 7) is 0.0393. The summed E-state index contributed by atoms with van der Waals surface area (Å²) in [6.07, 6.45) is 0. The number of hydrogen-bond acceptors (Lipinski definition) is 2. The number of urea groups is 1. The van der Waals surface area contributed by atoms with Crippen molar-refractivity contribution < 1.29 is 14.7 Å². The van der Waals surface area contributed by atoms with E-state index in [2.05, 4.69) is 26.6 Å². The predicted octanol–water partition coefficient (Wildman–Crippen LogP) is 1.04. The molecule has 1 fully saturated rings. The van der Waals surface area contributed by atoms with E-state index in [1.165, 1.54) is 0 Å². The number of nitrogens with one attached hydrogen (secondary N) is 2. The van der Waals surface area contributed by atoms with Gasteiger partial charge in [-0.25, -0.2) is 9.59 Å². The standard InChI is InChI=1S/C10H9BrN2O3/c11-7-3-1-2-6(4-7)10(8(14)15)5-12-9(16)13-10/h1-4H,5H2,(H,14,15)(H2,12,13,16). The summed E-state index contributed by atoms with van der Waals surface area (Å²) in [4.78, 5) is 22.4. The van der Waals surface area contributed by atoms with E-state index in [-0.39, 0.29) is 6.54 Å². The van der Waals surface area contributed by atoms with Gasteiger partial charge in [-0.1, -0.05) is 28.1 Å². The third kappa shape index (κ3) is 1.65. The van der Waals surface area contributed by atoms with Crippen molar-refractivity contribution in [1.82, 2.24) is 10.6 Å². The van der Waals surface area contributed by atoms with Crippen molar-refractivity contribution in [2.45, 2.75) is 5.54 Å². The quantitative estimate of drug-likeness (QED) is 0.759. The molecule has 3 N–H and O–H groups in total. The van der Waals surface area contributed by atoms with Crippen LogP contribution in [0.1, 0.15) is 5.56 Å². The van der Waals surface area contributed by atoms with Crippen molar-refractivity contribution in [3.8, 4) is 0 Å². The van der Waals surface area contributed by atoms with E-state index in [4.69, 9.17) is 0 Å². The third-order valence-electron chi connectivity index (χ3n) is 2.52. The summed E-state index contributed by atoms with van der Waals surface area (Å²) in [5, 5.41) is 14.2. The molecule has 2 rings (SSSR count). The Bertz CT molecular complexity index is 463. The normalized spacial score (nSPS) is 23.7. The number of aliphatic carboxylic acids is 1. The summed E-state index contributed by atoms with van der Waals surface area (Å²) in [5.41, 5.74) is -0.839. The third-order valence-corrected chi connectivity index (χ3v) is 3.02. The molecule has 5 nitrogen and oxygen atoms in total. The van der Waals surface area contributed by atoms with E-state index in [0.29, 0.717) is 5.56 Å². The number of carboxylic acids is 1. The van der Waals surface area contributed by atoms with Crippen LogP contribution >= 0.6 is 15.9 Å². The van der Waals surface area contributed by atoms with Crippen molar-refractivity contribution in [3.63, 3.8) is 0 Å². The van der Waals surface area contributed by atoms with Gasteiger partial charge >= 0.3 is 12.0 Å². The fourth-order valence-electron chi connectivity index (χ4n) is 1.68. The Balaban J connectivity index is 2.48. The number of carbonyl (C=O) groups is 2. The Morgan fingerprint density at radius 1 is 1.50 bits per heavy atom. The van der Waals surface area contributed by atoms with Gasteiger partial charge in [0.15, 0.2) is 5.54 Å². The molecule has 0 saturated carbocycles. The molecule has 84 valence electrons. The van der Waals surface area contributed by atoms with Crippen LogP contribution in [0.3, 0.4) is 0 Å². The maximum absolute atomic E-state index is 11.3. The lowest BCUT2D eigenvalue weighted by molar-refractivity contribution is -0.143. The van der Waals surface area contributed by atoms with Crippen LogP contribution in [0, 0.1) is 0 Å². The Morgan fingerprint density at radius 2 is 2.25 bits per heavy atom. The molecular weight excluding hydrogens is 276 g/mol. The lowest BCUT2D eigenvalue weighted by Gasteiger charge is -2.23. The first-order chi connectivity index (χ1) is 7.54. The molecule has 1 atom stereocenters. The van der Waals surface area contributed by atoms with Gasteiger partial charge in [-0.15, -0.1) is 0 Å². The molecule has 1 unspecified atom stereocenters. The van der Waals surface area contributed by atoms with Gasteiger partial charge in [-0.3, -0.25) is 0 Å². The average molecular weight is 285 g/mol. The molecule has 0 aromatic heterocycles. The number of rotatable bonds is 2. The number of benzene rings is 1. The van der Waals surface area contributed by atoms with Gasteiger partial charge in [0, 0.05) is 4.47 Å². The van der Waals surface area contributed by atoms with E-state index in [9.17, 15) is 14.7 Å². The van der Waals surface area contributed by atoms with E-state index in [1.54, 1.807) is 24.3 Å². The number of halogens is 1. The van der Waals surface area contributed by atoms with Crippen LogP contribution in [0.2, 0.25) is 0 Å². The van der Waals surface area contributed by atoms with Crippen LogP contribution in [0.4, 0.5) is 4.79 Å². The molecule has 1 aromatic carbocycles. The Hall–Kier alpha value is -1.56. The van der Waals surface area contributed by atoms with Gasteiger partial charge in [0.05, 0.1) is 6.54 Å². The van der Waals surface area contributed by atoms with E-state index in [1.807, 2.05) is 0 Å². The Kier molecular flexibility index (Phi) is 2.59. The molecule has 1 aromatic rings. The number of amides is 2. The fourth-order valence-corrected chi connectivity index (χ4v) is 2.08. The highest BCUT2D eigenvalue weighted by molar-refractivity contribution is 9.10. The van der Waals surface area contributed by atoms with Crippen LogP contribution in [-0.2, 0) is 10.3 Å². The second-order valence-corrected chi connectivity index (χ2v) is 4.44. The van der Waals surface area contributed by atoms with Gasteiger partial charge in [0.2, 0.25) is 0 Å². The molecular formula is C10H9BrN2O3. The van der Waals surface area contributed by atoms with Gasteiger partial charge in [-0.05, 0) is 17.7 Å². The SMILES string of the molecule is O=C1NCC(C(=O)O)(c2cccc(Br)c2)N1. The molecule has 1 heterocycles. The monoisotopic (exact) mass is 284 g/mol. The summed E-state index contributed by atoms with van der Waals surface area (Å²) in [7, 11) is 0. The molecule has 0 aliphatic carbocycles. The number of hydrogen-bond donors (Lipinski definition) is 3. The van der Waals surface area contributed by atoms with E-state index in [0.717, 1.165) is 4.47 Å². The van der Waals surface area contributed by atoms with E-state index < -0.39 is 17.5 Å². The van der Waals surface area contributed by atoms with Gasteiger partial charge in [-0.2, -0.15) is 0 Å². The second-order valence-electron chi connectivity index (χ2n) is 3.53. The molecule has 1 aliphatic rings. The Labute approximate surface area is 100.0 Å². The summed E-state index contributed by atoms with van der Waals surface area (Å²) >= 11 is 3.27. The maximum Gasteiger partial charge on any atom is 0.336 e. The van der Waals surface area contributed by atoms with Crippen molar-refractivity contribution in [2.24, 2.45) is 0 Å². The van der Waals surface area contributed by atoms with Crippen molar-refractivity contribution >= 4 is 27.9 Å². The molecule has 6 heteroatoms. The lowest BCUT2D eigenvalue weighted by atomic mass is 9.91. The van der Waals surface area contributed by atoms with Crippen LogP contribution in [0.15, 0.2) is 28.7 Å². The summed E-state index contributed by atoms with van der Waals surface area (Å²) < 4.78 is 0.770. The molecule has 0 bridgehead atoms. The highest BCUT2D eigenvalue weighted by Gasteiger charge is 2.46. The van der Waals surface area contributed by atoms with Crippen LogP contribution < -0.4 is 10.6 Å². The first-order valence-electron chi connectivity index (χ1n) is 4.60. The predicted molar refractivity (Wildman–Crippen MR) is 60.0 cm³/mol. The molecule has 0 spiro atoms. The molecule has 1 aliphatic heterocycles. The van der Waals surface area contributed by atoms with Crippen molar-refractivity contribution in [2.75, 3.05) is 6.54 Å². The van der Waals surface area contributed by atoms with E-state index >= 15 is 0 Å². The van der Waals surface area contributed by atoms with Crippen molar-refractivity contribution in [1.29, 1.82) is 0 Å². The lowest BCUT2D eigenvalue weighted by Crippen LogP contribution is -2.47. The molecule has 2 amide bonds. The van der Waals surface area contributed by atoms with Crippen molar-refractivity contribution in [3.05, 3.63) is 34.3 Å². The minimum Gasteiger partial charge on any atom is -0.479 e. The minimum absolute atomic E-state index is 0.0393. The van der Waals surface area contributed by atoms with Crippen LogP contribution in [0.5, 0.6) is 0 Å². The molecule has 16 heavy (non-hydrogen) atoms. The van der Waals surface area contributed by atoms with Crippen LogP contribution in [0.25, 0.3) is 0 Å². The van der Waals surface area contributed by atoms with Gasteiger partial charge < -0.3 is 15.7 Å². The van der Waals surface area contributed by atoms with Gasteiger partial charge in [0.1, 0.15) is 0 Å². The zero-order chi connectivity index (χ0) is 11.8. The smallest absolute Gasteiger partial charge is 0.336 e. The topological polar surface area (TPSA) is 78.4 Å². The highest BCUT2D eigenvalue weighted by atomic mass is 79.9. The first kappa shape index (κ1) is 10.9.